The summed E-state index contributed by atoms with van der Waals surface area (Å²) in [5.41, 5.74) is 6.67. The first-order valence-corrected chi connectivity index (χ1v) is 6.37. The van der Waals surface area contributed by atoms with Crippen LogP contribution in [0.15, 0.2) is 34.8 Å². The summed E-state index contributed by atoms with van der Waals surface area (Å²) in [4.78, 5) is 15.5. The quantitative estimate of drug-likeness (QED) is 0.840. The van der Waals surface area contributed by atoms with Gasteiger partial charge < -0.3 is 15.8 Å². The molecule has 2 aromatic rings. The number of carbonyl (C=O) groups excluding carboxylic acids is 1. The molecule has 0 saturated carbocycles. The Morgan fingerprint density at radius 2 is 2.15 bits per heavy atom. The van der Waals surface area contributed by atoms with Gasteiger partial charge in [-0.05, 0) is 46.3 Å². The third kappa shape index (κ3) is 3.05. The van der Waals surface area contributed by atoms with Crippen LogP contribution in [0.4, 0.5) is 21.6 Å². The van der Waals surface area contributed by atoms with E-state index in [2.05, 4.69) is 31.0 Å². The molecule has 5 nitrogen and oxygen atoms in total. The van der Waals surface area contributed by atoms with Crippen molar-refractivity contribution >= 4 is 39.1 Å². The van der Waals surface area contributed by atoms with E-state index in [0.717, 1.165) is 0 Å². The molecule has 0 spiro atoms. The molecule has 0 bridgehead atoms. The van der Waals surface area contributed by atoms with E-state index < -0.39 is 11.8 Å². The lowest BCUT2D eigenvalue weighted by Crippen LogP contribution is -2.08. The molecule has 0 amide bonds. The molecule has 0 aliphatic carbocycles. The zero-order valence-corrected chi connectivity index (χ0v) is 12.1. The maximum atomic E-state index is 13.2. The molecule has 0 atom stereocenters. The van der Waals surface area contributed by atoms with E-state index in [9.17, 15) is 9.18 Å². The Hall–Kier alpha value is -2.15. The van der Waals surface area contributed by atoms with Crippen molar-refractivity contribution in [2.75, 3.05) is 18.2 Å². The van der Waals surface area contributed by atoms with Crippen LogP contribution in [-0.4, -0.2) is 18.1 Å². The number of nitrogen functional groups attached to an aromatic ring is 1. The van der Waals surface area contributed by atoms with Crippen molar-refractivity contribution in [1.29, 1.82) is 0 Å². The van der Waals surface area contributed by atoms with Crippen molar-refractivity contribution in [3.8, 4) is 0 Å². The first-order chi connectivity index (χ1) is 9.51. The van der Waals surface area contributed by atoms with E-state index in [4.69, 9.17) is 5.73 Å². The van der Waals surface area contributed by atoms with Gasteiger partial charge in [0.2, 0.25) is 0 Å². The van der Waals surface area contributed by atoms with Gasteiger partial charge in [0.25, 0.3) is 0 Å². The number of hydrogen-bond acceptors (Lipinski definition) is 5. The lowest BCUT2D eigenvalue weighted by Gasteiger charge is -2.11. The maximum absolute atomic E-state index is 13.2. The molecule has 0 fully saturated rings. The van der Waals surface area contributed by atoms with Gasteiger partial charge in [-0.2, -0.15) is 0 Å². The summed E-state index contributed by atoms with van der Waals surface area (Å²) < 4.78 is 18.5. The summed E-state index contributed by atoms with van der Waals surface area (Å²) in [6.07, 6.45) is 0. The number of nitrogens with one attached hydrogen (secondary N) is 1. The molecule has 0 radical (unpaired) electrons. The predicted molar refractivity (Wildman–Crippen MR) is 77.4 cm³/mol. The number of methoxy groups -OCH3 is 1. The van der Waals surface area contributed by atoms with Crippen LogP contribution < -0.4 is 11.1 Å². The van der Waals surface area contributed by atoms with Crippen molar-refractivity contribution in [3.05, 3.63) is 46.3 Å². The predicted octanol–water partition coefficient (Wildman–Crippen LogP) is 3.10. The van der Waals surface area contributed by atoms with Crippen molar-refractivity contribution in [1.82, 2.24) is 4.98 Å². The zero-order chi connectivity index (χ0) is 14.7. The van der Waals surface area contributed by atoms with Crippen LogP contribution in [0.25, 0.3) is 0 Å². The van der Waals surface area contributed by atoms with Gasteiger partial charge in [0.1, 0.15) is 5.82 Å². The van der Waals surface area contributed by atoms with Crippen LogP contribution in [0.5, 0.6) is 0 Å². The first-order valence-electron chi connectivity index (χ1n) is 5.58. The van der Waals surface area contributed by atoms with Crippen molar-refractivity contribution in [2.24, 2.45) is 0 Å². The lowest BCUT2D eigenvalue weighted by molar-refractivity contribution is 0.0594. The van der Waals surface area contributed by atoms with Gasteiger partial charge in [-0.15, -0.1) is 0 Å². The molecule has 0 saturated heterocycles. The third-order valence-electron chi connectivity index (χ3n) is 2.50. The Balaban J connectivity index is 2.37. The Morgan fingerprint density at radius 1 is 1.40 bits per heavy atom. The highest BCUT2D eigenvalue weighted by Crippen LogP contribution is 2.28. The van der Waals surface area contributed by atoms with Crippen LogP contribution in [0.1, 0.15) is 10.5 Å². The molecule has 1 heterocycles. The summed E-state index contributed by atoms with van der Waals surface area (Å²) >= 11 is 3.28. The SMILES string of the molecule is COC(=O)c1ccc(N)c(Nc2cc(F)ccc2Br)n1. The summed E-state index contributed by atoms with van der Waals surface area (Å²) in [6, 6.07) is 7.13. The number of anilines is 3. The van der Waals surface area contributed by atoms with Crippen LogP contribution in [0, 0.1) is 5.82 Å². The highest BCUT2D eigenvalue weighted by Gasteiger charge is 2.11. The third-order valence-corrected chi connectivity index (χ3v) is 3.19. The maximum Gasteiger partial charge on any atom is 0.356 e. The van der Waals surface area contributed by atoms with Gasteiger partial charge in [0, 0.05) is 4.47 Å². The van der Waals surface area contributed by atoms with E-state index in [0.29, 0.717) is 15.8 Å². The Morgan fingerprint density at radius 3 is 2.85 bits per heavy atom. The summed E-state index contributed by atoms with van der Waals surface area (Å²) in [6.45, 7) is 0. The number of halogens is 2. The van der Waals surface area contributed by atoms with Crippen LogP contribution in [0.3, 0.4) is 0 Å². The minimum Gasteiger partial charge on any atom is -0.464 e. The second kappa shape index (κ2) is 5.87. The highest BCUT2D eigenvalue weighted by molar-refractivity contribution is 9.10. The molecule has 0 aliphatic rings. The zero-order valence-electron chi connectivity index (χ0n) is 10.5. The smallest absolute Gasteiger partial charge is 0.356 e. The monoisotopic (exact) mass is 339 g/mol. The van der Waals surface area contributed by atoms with E-state index in [1.165, 1.54) is 31.4 Å². The Kier molecular flexibility index (Phi) is 4.19. The average Bonchev–Trinajstić information content (AvgIpc) is 2.44. The number of benzene rings is 1. The topological polar surface area (TPSA) is 77.2 Å². The standard InChI is InChI=1S/C13H11BrFN3O2/c1-20-13(19)10-5-4-9(16)12(17-10)18-11-6-7(15)2-3-8(11)14/h2-6H,16H2,1H3,(H,17,18). The fourth-order valence-corrected chi connectivity index (χ4v) is 1.85. The van der Waals surface area contributed by atoms with E-state index >= 15 is 0 Å². The van der Waals surface area contributed by atoms with Gasteiger partial charge in [-0.1, -0.05) is 0 Å². The molecule has 3 N–H and O–H groups in total. The minimum atomic E-state index is -0.577. The molecule has 20 heavy (non-hydrogen) atoms. The fraction of sp³-hybridized carbons (Fsp3) is 0.0769. The van der Waals surface area contributed by atoms with Gasteiger partial charge in [-0.3, -0.25) is 0 Å². The van der Waals surface area contributed by atoms with Crippen LogP contribution in [-0.2, 0) is 4.74 Å². The number of ether oxygens (including phenoxy) is 1. The van der Waals surface area contributed by atoms with Crippen molar-refractivity contribution in [2.45, 2.75) is 0 Å². The molecule has 1 aromatic carbocycles. The minimum absolute atomic E-state index is 0.108. The Bertz CT molecular complexity index is 664. The number of hydrogen-bond donors (Lipinski definition) is 2. The second-order valence-corrected chi connectivity index (χ2v) is 4.73. The molecule has 0 aliphatic heterocycles. The van der Waals surface area contributed by atoms with Gasteiger partial charge in [0.15, 0.2) is 11.5 Å². The number of pyridine rings is 1. The first kappa shape index (κ1) is 14.3. The molecule has 2 rings (SSSR count). The van der Waals surface area contributed by atoms with Gasteiger partial charge in [0.05, 0.1) is 18.5 Å². The van der Waals surface area contributed by atoms with Crippen LogP contribution in [0.2, 0.25) is 0 Å². The number of rotatable bonds is 3. The molecule has 7 heteroatoms. The average molecular weight is 340 g/mol. The number of aromatic nitrogens is 1. The van der Waals surface area contributed by atoms with E-state index in [1.807, 2.05) is 0 Å². The van der Waals surface area contributed by atoms with Gasteiger partial charge >= 0.3 is 5.97 Å². The number of nitrogens with zero attached hydrogens (tertiary/aromatic N) is 1. The summed E-state index contributed by atoms with van der Waals surface area (Å²) in [7, 11) is 1.26. The number of nitrogens with two attached hydrogens (primary N) is 1. The summed E-state index contributed by atoms with van der Waals surface area (Å²) in [5, 5.41) is 2.87. The van der Waals surface area contributed by atoms with E-state index in [1.54, 1.807) is 6.07 Å². The van der Waals surface area contributed by atoms with Crippen LogP contribution >= 0.6 is 15.9 Å². The highest BCUT2D eigenvalue weighted by atomic mass is 79.9. The van der Waals surface area contributed by atoms with Gasteiger partial charge in [-0.25, -0.2) is 14.2 Å². The molecule has 1 aromatic heterocycles. The molecular formula is C13H11BrFN3O2. The lowest BCUT2D eigenvalue weighted by atomic mass is 10.3. The Labute approximate surface area is 123 Å². The molecule has 104 valence electrons. The molecular weight excluding hydrogens is 329 g/mol. The fourth-order valence-electron chi connectivity index (χ4n) is 1.51. The number of carbonyl (C=O) groups is 1. The number of esters is 1. The van der Waals surface area contributed by atoms with E-state index in [-0.39, 0.29) is 11.5 Å². The summed E-state index contributed by atoms with van der Waals surface area (Å²) in [5.74, 6) is -0.732. The molecule has 0 unspecified atom stereocenters. The van der Waals surface area contributed by atoms with Crippen molar-refractivity contribution < 1.29 is 13.9 Å². The largest absolute Gasteiger partial charge is 0.464 e. The normalized spacial score (nSPS) is 10.2. The van der Waals surface area contributed by atoms with Crippen molar-refractivity contribution in [3.63, 3.8) is 0 Å². The second-order valence-electron chi connectivity index (χ2n) is 3.88.